The van der Waals surface area contributed by atoms with Crippen molar-refractivity contribution in [2.45, 2.75) is 125 Å². The lowest BCUT2D eigenvalue weighted by Crippen LogP contribution is -2.25. The van der Waals surface area contributed by atoms with E-state index in [0.717, 1.165) is 102 Å². The molecule has 4 N–H and O–H groups in total. The van der Waals surface area contributed by atoms with Gasteiger partial charge in [-0.3, -0.25) is 14.6 Å². The van der Waals surface area contributed by atoms with E-state index >= 15 is 0 Å². The van der Waals surface area contributed by atoms with Crippen LogP contribution in [-0.2, 0) is 29.5 Å². The third kappa shape index (κ3) is 8.94. The van der Waals surface area contributed by atoms with Gasteiger partial charge in [-0.15, -0.1) is 0 Å². The summed E-state index contributed by atoms with van der Waals surface area (Å²) in [4.78, 5) is 43.8. The van der Waals surface area contributed by atoms with E-state index in [1.165, 1.54) is 44.3 Å². The van der Waals surface area contributed by atoms with E-state index in [0.29, 0.717) is 25.9 Å². The summed E-state index contributed by atoms with van der Waals surface area (Å²) in [6.45, 7) is 16.7. The third-order valence-corrected chi connectivity index (χ3v) is 12.9. The molecule has 8 bridgehead atoms. The van der Waals surface area contributed by atoms with E-state index in [9.17, 15) is 9.59 Å². The maximum atomic E-state index is 13.2. The van der Waals surface area contributed by atoms with Crippen molar-refractivity contribution < 1.29 is 9.59 Å². The molecule has 7 rings (SSSR count). The third-order valence-electron chi connectivity index (χ3n) is 12.9. The van der Waals surface area contributed by atoms with Crippen LogP contribution in [0.5, 0.6) is 0 Å². The molecule has 2 atom stereocenters. The molecule has 310 valence electrons. The minimum atomic E-state index is 0.0902. The van der Waals surface area contributed by atoms with Crippen LogP contribution in [0.1, 0.15) is 141 Å². The number of carbonyl (C=O) groups is 2. The Kier molecular flexibility index (Phi) is 12.9. The molecule has 9 nitrogen and oxygen atoms in total. The number of aromatic amines is 2. The fourth-order valence-electron chi connectivity index (χ4n) is 9.30. The SMILES string of the molecule is CCC1=C(C)c2cc3[nH]c(cc4nc(c(C)c5cc(C)c(cc1n2)[nH]5)[C@@H](CCC(=O)NCCCCCCNC(=O)CCc1cn(C)c2ccccc12)[C@@H]4C)c(C)c3CC. The van der Waals surface area contributed by atoms with Crippen molar-refractivity contribution in [1.29, 1.82) is 0 Å². The lowest BCUT2D eigenvalue weighted by atomic mass is 9.86. The number of carbonyl (C=O) groups excluding carboxylic acids is 2. The molecule has 59 heavy (non-hydrogen) atoms. The Labute approximate surface area is 349 Å². The lowest BCUT2D eigenvalue weighted by Gasteiger charge is -2.17. The number of aromatic nitrogens is 5. The highest BCUT2D eigenvalue weighted by Crippen LogP contribution is 2.42. The van der Waals surface area contributed by atoms with E-state index in [2.05, 4.69) is 129 Å². The average Bonchev–Trinajstić information content (AvgIpc) is 4.00. The average molecular weight is 794 g/mol. The molecular formula is C50H63N7O2. The zero-order valence-electron chi connectivity index (χ0n) is 36.5. The van der Waals surface area contributed by atoms with E-state index in [4.69, 9.17) is 9.97 Å². The Morgan fingerprint density at radius 2 is 1.44 bits per heavy atom. The minimum absolute atomic E-state index is 0.0902. The largest absolute Gasteiger partial charge is 0.356 e. The van der Waals surface area contributed by atoms with Crippen molar-refractivity contribution >= 4 is 55.9 Å². The molecule has 0 unspecified atom stereocenters. The van der Waals surface area contributed by atoms with Crippen molar-refractivity contribution in [2.75, 3.05) is 13.1 Å². The van der Waals surface area contributed by atoms with Gasteiger partial charge >= 0.3 is 0 Å². The highest BCUT2D eigenvalue weighted by molar-refractivity contribution is 5.93. The van der Waals surface area contributed by atoms with Crippen LogP contribution >= 0.6 is 0 Å². The standard InChI is InChI=1S/C50H63N7O2/c1-9-36-32(5)43-28-46-37(10-2)31(4)42(54-46)27-44-33(6)38(50(56-44)34(7)41-25-30(3)40(53-41)26-45(36)55-43)20-22-49(59)52-24-16-12-11-15-23-51-48(58)21-19-35-29-57(8)47-18-14-13-17-39(35)47/h13-14,17-18,25-29,33,38,53-54H,9-12,15-16,19-24H2,1-8H3,(H,51,58)(H,52,59)/t33-,38-/m0/s1. The number of fused-ring (bicyclic) bond motifs is 9. The van der Waals surface area contributed by atoms with Gasteiger partial charge in [0.2, 0.25) is 11.8 Å². The smallest absolute Gasteiger partial charge is 0.220 e. The fraction of sp³-hybridized carbons (Fsp3) is 0.440. The van der Waals surface area contributed by atoms with Crippen LogP contribution in [-0.4, -0.2) is 49.4 Å². The Morgan fingerprint density at radius 3 is 2.17 bits per heavy atom. The molecular weight excluding hydrogens is 731 g/mol. The summed E-state index contributed by atoms with van der Waals surface area (Å²) in [5, 5.41) is 7.50. The van der Waals surface area contributed by atoms with E-state index < -0.39 is 0 Å². The van der Waals surface area contributed by atoms with Crippen LogP contribution in [0, 0.1) is 20.8 Å². The molecule has 0 fully saturated rings. The summed E-state index contributed by atoms with van der Waals surface area (Å²) in [5.41, 5.74) is 18.2. The van der Waals surface area contributed by atoms with Gasteiger partial charge in [0, 0.05) is 95.4 Å². The van der Waals surface area contributed by atoms with Crippen LogP contribution in [0.25, 0.3) is 44.1 Å². The Morgan fingerprint density at radius 1 is 0.763 bits per heavy atom. The summed E-state index contributed by atoms with van der Waals surface area (Å²) in [6.07, 6.45) is 10.3. The van der Waals surface area contributed by atoms with Crippen molar-refractivity contribution in [3.8, 4) is 0 Å². The Balaban J connectivity index is 0.969. The highest BCUT2D eigenvalue weighted by Gasteiger charge is 2.31. The maximum absolute atomic E-state index is 13.2. The predicted molar refractivity (Wildman–Crippen MR) is 243 cm³/mol. The number of aryl methyl sites for hydroxylation is 6. The van der Waals surface area contributed by atoms with E-state index in [-0.39, 0.29) is 23.7 Å². The monoisotopic (exact) mass is 794 g/mol. The van der Waals surface area contributed by atoms with Crippen molar-refractivity contribution in [3.05, 3.63) is 105 Å². The van der Waals surface area contributed by atoms with E-state index in [1.807, 2.05) is 6.07 Å². The quantitative estimate of drug-likeness (QED) is 0.0789. The number of amides is 2. The van der Waals surface area contributed by atoms with Gasteiger partial charge in [-0.05, 0) is 136 Å². The lowest BCUT2D eigenvalue weighted by molar-refractivity contribution is -0.122. The second kappa shape index (κ2) is 18.2. The number of benzene rings is 1. The Bertz CT molecular complexity index is 2570. The number of nitrogens with one attached hydrogen (secondary N) is 4. The minimum Gasteiger partial charge on any atom is -0.356 e. The molecule has 2 amide bonds. The zero-order valence-corrected chi connectivity index (χ0v) is 36.5. The van der Waals surface area contributed by atoms with Crippen LogP contribution in [0.4, 0.5) is 0 Å². The summed E-state index contributed by atoms with van der Waals surface area (Å²) < 4.78 is 2.13. The number of H-pyrrole nitrogens is 2. The maximum Gasteiger partial charge on any atom is 0.220 e. The first-order chi connectivity index (χ1) is 28.5. The molecule has 0 saturated heterocycles. The van der Waals surface area contributed by atoms with Gasteiger partial charge in [0.15, 0.2) is 0 Å². The van der Waals surface area contributed by atoms with Gasteiger partial charge in [0.1, 0.15) is 0 Å². The first-order valence-corrected chi connectivity index (χ1v) is 21.9. The molecule has 1 aromatic carbocycles. The number of hydrogen-bond donors (Lipinski definition) is 4. The molecule has 5 aromatic rings. The topological polar surface area (TPSA) is 120 Å². The van der Waals surface area contributed by atoms with Gasteiger partial charge in [-0.2, -0.15) is 0 Å². The molecule has 2 aliphatic rings. The van der Waals surface area contributed by atoms with Gasteiger partial charge < -0.3 is 25.2 Å². The van der Waals surface area contributed by atoms with Gasteiger partial charge in [0.05, 0.1) is 11.4 Å². The first-order valence-electron chi connectivity index (χ1n) is 21.9. The molecule has 6 heterocycles. The molecule has 0 radical (unpaired) electrons. The molecule has 4 aromatic heterocycles. The molecule has 9 heteroatoms. The van der Waals surface area contributed by atoms with Gasteiger partial charge in [-0.25, -0.2) is 4.98 Å². The highest BCUT2D eigenvalue weighted by atomic mass is 16.2. The fourth-order valence-corrected chi connectivity index (χ4v) is 9.30. The van der Waals surface area contributed by atoms with Crippen molar-refractivity contribution in [3.63, 3.8) is 0 Å². The summed E-state index contributed by atoms with van der Waals surface area (Å²) in [7, 11) is 2.05. The number of unbranched alkanes of at least 4 members (excludes halogenated alkanes) is 3. The van der Waals surface area contributed by atoms with Crippen LogP contribution in [0.2, 0.25) is 0 Å². The number of para-hydroxylation sites is 1. The summed E-state index contributed by atoms with van der Waals surface area (Å²) in [5.74, 6) is 0.454. The second-order valence-corrected chi connectivity index (χ2v) is 16.8. The normalized spacial score (nSPS) is 15.3. The Hall–Kier alpha value is -5.44. The number of allylic oxidation sites excluding steroid dienone is 2. The van der Waals surface area contributed by atoms with Crippen LogP contribution in [0.15, 0.2) is 54.7 Å². The van der Waals surface area contributed by atoms with Gasteiger partial charge in [0.25, 0.3) is 0 Å². The number of rotatable bonds is 15. The predicted octanol–water partition coefficient (Wildman–Crippen LogP) is 10.7. The molecule has 0 aliphatic carbocycles. The summed E-state index contributed by atoms with van der Waals surface area (Å²) >= 11 is 0. The first kappa shape index (κ1) is 41.7. The second-order valence-electron chi connectivity index (χ2n) is 16.8. The van der Waals surface area contributed by atoms with Crippen molar-refractivity contribution in [2.24, 2.45) is 7.05 Å². The number of hydrogen-bond acceptors (Lipinski definition) is 4. The van der Waals surface area contributed by atoms with Crippen LogP contribution < -0.4 is 10.6 Å². The zero-order chi connectivity index (χ0) is 41.8. The van der Waals surface area contributed by atoms with Gasteiger partial charge in [-0.1, -0.05) is 51.8 Å². The molecule has 2 aliphatic heterocycles. The van der Waals surface area contributed by atoms with Crippen LogP contribution in [0.3, 0.4) is 0 Å². The number of nitrogens with zero attached hydrogens (tertiary/aromatic N) is 3. The molecule has 0 saturated carbocycles. The van der Waals surface area contributed by atoms with E-state index in [1.54, 1.807) is 0 Å². The van der Waals surface area contributed by atoms with Crippen molar-refractivity contribution in [1.82, 2.24) is 35.1 Å². The summed E-state index contributed by atoms with van der Waals surface area (Å²) in [6, 6.07) is 17.2. The molecule has 0 spiro atoms.